The van der Waals surface area contributed by atoms with Gasteiger partial charge in [-0.05, 0) is 57.2 Å². The number of pyridine rings is 1. The molecule has 26 heavy (non-hydrogen) atoms. The number of likely N-dealkylation sites (tertiary alicyclic amines) is 1. The summed E-state index contributed by atoms with van der Waals surface area (Å²) in [5, 5.41) is 7.95. The van der Waals surface area contributed by atoms with Crippen LogP contribution in [0.25, 0.3) is 0 Å². The first-order chi connectivity index (χ1) is 12.6. The molecule has 1 N–H and O–H groups in total. The van der Waals surface area contributed by atoms with Crippen LogP contribution in [0, 0.1) is 13.8 Å². The minimum absolute atomic E-state index is 0.181. The number of nitrogens with zero attached hydrogens (tertiary/aromatic N) is 4. The monoisotopic (exact) mass is 353 g/mol. The number of carbonyl (C=O) groups excluding carboxylic acids is 1. The van der Waals surface area contributed by atoms with Crippen molar-refractivity contribution >= 4 is 11.7 Å². The van der Waals surface area contributed by atoms with Gasteiger partial charge in [0.2, 0.25) is 5.91 Å². The second-order valence-corrected chi connectivity index (χ2v) is 7.50. The van der Waals surface area contributed by atoms with Gasteiger partial charge in [0.1, 0.15) is 5.82 Å². The lowest BCUT2D eigenvalue weighted by atomic mass is 10.0. The second-order valence-electron chi connectivity index (χ2n) is 7.50. The van der Waals surface area contributed by atoms with Crippen molar-refractivity contribution in [1.29, 1.82) is 0 Å². The number of aromatic nitrogens is 3. The van der Waals surface area contributed by atoms with Crippen LogP contribution < -0.4 is 5.32 Å². The first kappa shape index (κ1) is 17.1. The van der Waals surface area contributed by atoms with Crippen molar-refractivity contribution in [1.82, 2.24) is 19.7 Å². The van der Waals surface area contributed by atoms with Gasteiger partial charge in [-0.2, -0.15) is 5.10 Å². The lowest BCUT2D eigenvalue weighted by molar-refractivity contribution is -0.131. The maximum Gasteiger partial charge on any atom is 0.228 e. The van der Waals surface area contributed by atoms with E-state index in [2.05, 4.69) is 39.1 Å². The summed E-state index contributed by atoms with van der Waals surface area (Å²) in [7, 11) is 0. The van der Waals surface area contributed by atoms with Gasteiger partial charge in [0, 0.05) is 25.3 Å². The molecule has 138 valence electrons. The maximum atomic E-state index is 12.7. The van der Waals surface area contributed by atoms with Crippen molar-refractivity contribution in [3.63, 3.8) is 0 Å². The largest absolute Gasteiger partial charge is 0.370 e. The maximum absolute atomic E-state index is 12.7. The van der Waals surface area contributed by atoms with Gasteiger partial charge in [-0.1, -0.05) is 6.07 Å². The number of amides is 1. The van der Waals surface area contributed by atoms with E-state index in [1.807, 2.05) is 17.9 Å². The highest BCUT2D eigenvalue weighted by molar-refractivity contribution is 5.78. The zero-order valence-corrected chi connectivity index (χ0v) is 15.7. The average molecular weight is 353 g/mol. The topological polar surface area (TPSA) is 63.1 Å². The Morgan fingerprint density at radius 2 is 2.08 bits per heavy atom. The van der Waals surface area contributed by atoms with E-state index < -0.39 is 0 Å². The fraction of sp³-hybridized carbons (Fsp3) is 0.550. The second kappa shape index (κ2) is 7.09. The van der Waals surface area contributed by atoms with Gasteiger partial charge >= 0.3 is 0 Å². The summed E-state index contributed by atoms with van der Waals surface area (Å²) in [6.45, 7) is 6.70. The minimum Gasteiger partial charge on any atom is -0.370 e. The Morgan fingerprint density at radius 1 is 1.27 bits per heavy atom. The van der Waals surface area contributed by atoms with Crippen LogP contribution in [0.15, 0.2) is 18.2 Å². The molecule has 0 atom stereocenters. The third-order valence-corrected chi connectivity index (χ3v) is 5.49. The van der Waals surface area contributed by atoms with E-state index in [9.17, 15) is 4.79 Å². The normalized spacial score (nSPS) is 17.7. The summed E-state index contributed by atoms with van der Waals surface area (Å²) in [6, 6.07) is 6.64. The minimum atomic E-state index is 0.181. The number of aryl methyl sites for hydroxylation is 3. The summed E-state index contributed by atoms with van der Waals surface area (Å²) in [6.07, 6.45) is 4.54. The summed E-state index contributed by atoms with van der Waals surface area (Å²) >= 11 is 0. The number of hydrogen-bond acceptors (Lipinski definition) is 4. The SMILES string of the molecule is Cc1cc(C)n(C2CCN(C(=O)Cc3ccc4c(n3)NCCC4)CC2)n1. The van der Waals surface area contributed by atoms with Crippen LogP contribution >= 0.6 is 0 Å². The Labute approximate surface area is 154 Å². The van der Waals surface area contributed by atoms with Gasteiger partial charge in [-0.3, -0.25) is 9.48 Å². The highest BCUT2D eigenvalue weighted by Crippen LogP contribution is 2.25. The van der Waals surface area contributed by atoms with Gasteiger partial charge in [0.05, 0.1) is 23.9 Å². The lowest BCUT2D eigenvalue weighted by Crippen LogP contribution is -2.40. The van der Waals surface area contributed by atoms with E-state index >= 15 is 0 Å². The molecule has 2 aliphatic rings. The molecule has 4 heterocycles. The molecule has 6 heteroatoms. The van der Waals surface area contributed by atoms with Gasteiger partial charge in [-0.15, -0.1) is 0 Å². The molecule has 0 unspecified atom stereocenters. The van der Waals surface area contributed by atoms with Crippen molar-refractivity contribution in [2.24, 2.45) is 0 Å². The molecule has 2 aromatic rings. The quantitative estimate of drug-likeness (QED) is 0.921. The fourth-order valence-corrected chi connectivity index (χ4v) is 4.11. The summed E-state index contributed by atoms with van der Waals surface area (Å²) in [5.41, 5.74) is 4.40. The van der Waals surface area contributed by atoms with Crippen LogP contribution in [-0.4, -0.2) is 45.2 Å². The predicted octanol–water partition coefficient (Wildman–Crippen LogP) is 2.66. The smallest absolute Gasteiger partial charge is 0.228 e. The van der Waals surface area contributed by atoms with Crippen LogP contribution in [0.1, 0.15) is 47.9 Å². The molecule has 2 aliphatic heterocycles. The van der Waals surface area contributed by atoms with Crippen molar-refractivity contribution in [2.45, 2.75) is 52.0 Å². The predicted molar refractivity (Wildman–Crippen MR) is 101 cm³/mol. The zero-order valence-electron chi connectivity index (χ0n) is 15.7. The van der Waals surface area contributed by atoms with E-state index in [1.54, 1.807) is 0 Å². The van der Waals surface area contributed by atoms with Crippen LogP contribution in [0.2, 0.25) is 0 Å². The molecule has 0 bridgehead atoms. The van der Waals surface area contributed by atoms with Crippen molar-refractivity contribution in [3.05, 3.63) is 40.8 Å². The van der Waals surface area contributed by atoms with Crippen LogP contribution in [-0.2, 0) is 17.6 Å². The number of nitrogens with one attached hydrogen (secondary N) is 1. The number of anilines is 1. The molecule has 0 aromatic carbocycles. The number of rotatable bonds is 3. The van der Waals surface area contributed by atoms with Gasteiger partial charge in [0.15, 0.2) is 0 Å². The van der Waals surface area contributed by atoms with E-state index in [0.717, 1.165) is 62.5 Å². The molecule has 0 aliphatic carbocycles. The third kappa shape index (κ3) is 3.45. The van der Waals surface area contributed by atoms with Gasteiger partial charge in [0.25, 0.3) is 0 Å². The average Bonchev–Trinajstić information content (AvgIpc) is 3.00. The highest BCUT2D eigenvalue weighted by Gasteiger charge is 2.25. The van der Waals surface area contributed by atoms with Crippen molar-refractivity contribution in [2.75, 3.05) is 25.0 Å². The lowest BCUT2D eigenvalue weighted by Gasteiger charge is -2.32. The Balaban J connectivity index is 1.36. The first-order valence-corrected chi connectivity index (χ1v) is 9.63. The van der Waals surface area contributed by atoms with Crippen LogP contribution in [0.5, 0.6) is 0 Å². The molecule has 6 nitrogen and oxygen atoms in total. The third-order valence-electron chi connectivity index (χ3n) is 5.49. The molecule has 1 amide bonds. The fourth-order valence-electron chi connectivity index (χ4n) is 4.11. The summed E-state index contributed by atoms with van der Waals surface area (Å²) < 4.78 is 2.13. The van der Waals surface area contributed by atoms with E-state index in [4.69, 9.17) is 0 Å². The molecule has 1 fully saturated rings. The Morgan fingerprint density at radius 3 is 2.81 bits per heavy atom. The van der Waals surface area contributed by atoms with Crippen molar-refractivity contribution < 1.29 is 4.79 Å². The van der Waals surface area contributed by atoms with Gasteiger partial charge < -0.3 is 10.2 Å². The highest BCUT2D eigenvalue weighted by atomic mass is 16.2. The molecule has 4 rings (SSSR count). The zero-order chi connectivity index (χ0) is 18.1. The van der Waals surface area contributed by atoms with Gasteiger partial charge in [-0.25, -0.2) is 4.98 Å². The molecule has 0 radical (unpaired) electrons. The summed E-state index contributed by atoms with van der Waals surface area (Å²) in [5.74, 6) is 1.14. The Hall–Kier alpha value is -2.37. The van der Waals surface area contributed by atoms with E-state index in [-0.39, 0.29) is 5.91 Å². The molecular formula is C20H27N5O. The van der Waals surface area contributed by atoms with Crippen LogP contribution in [0.3, 0.4) is 0 Å². The molecule has 0 spiro atoms. The molecule has 0 saturated carbocycles. The first-order valence-electron chi connectivity index (χ1n) is 9.63. The molecular weight excluding hydrogens is 326 g/mol. The Kier molecular flexibility index (Phi) is 4.66. The number of piperidine rings is 1. The van der Waals surface area contributed by atoms with Crippen molar-refractivity contribution in [3.8, 4) is 0 Å². The van der Waals surface area contributed by atoms with E-state index in [1.165, 1.54) is 11.3 Å². The molecule has 2 aromatic heterocycles. The summed E-state index contributed by atoms with van der Waals surface area (Å²) in [4.78, 5) is 19.3. The standard InChI is InChI=1S/C20H27N5O/c1-14-12-15(2)25(23-14)18-7-10-24(11-8-18)19(26)13-17-6-5-16-4-3-9-21-20(16)22-17/h5-6,12,18H,3-4,7-11,13H2,1-2H3,(H,21,22). The number of fused-ring (bicyclic) bond motifs is 1. The number of hydrogen-bond donors (Lipinski definition) is 1. The molecule has 1 saturated heterocycles. The van der Waals surface area contributed by atoms with E-state index in [0.29, 0.717) is 12.5 Å². The number of carbonyl (C=O) groups is 1. The van der Waals surface area contributed by atoms with Crippen LogP contribution in [0.4, 0.5) is 5.82 Å². The Bertz CT molecular complexity index is 805.